The Labute approximate surface area is 137 Å². The number of halogens is 1. The fourth-order valence-electron chi connectivity index (χ4n) is 3.67. The van der Waals surface area contributed by atoms with Gasteiger partial charge in [0, 0.05) is 11.0 Å². The zero-order chi connectivity index (χ0) is 15.0. The average molecular weight is 348 g/mol. The first-order valence-electron chi connectivity index (χ1n) is 8.19. The topological polar surface area (TPSA) is 3.24 Å². The van der Waals surface area contributed by atoms with Gasteiger partial charge in [-0.15, -0.1) is 0 Å². The fraction of sp³-hybridized carbons (Fsp3) is 0.579. The molecule has 2 heteroatoms. The highest BCUT2D eigenvalue weighted by Crippen LogP contribution is 2.42. The molecule has 3 rings (SSSR count). The summed E-state index contributed by atoms with van der Waals surface area (Å²) < 4.78 is 1.42. The minimum Gasteiger partial charge on any atom is -0.299 e. The molecular weight excluding hydrogens is 322 g/mol. The summed E-state index contributed by atoms with van der Waals surface area (Å²) in [6.07, 6.45) is 5.09. The fourth-order valence-corrected chi connectivity index (χ4v) is 4.21. The second-order valence-corrected chi connectivity index (χ2v) is 8.26. The first kappa shape index (κ1) is 15.3. The Morgan fingerprint density at radius 3 is 2.62 bits per heavy atom. The van der Waals surface area contributed by atoms with Crippen LogP contribution in [0.25, 0.3) is 5.57 Å². The van der Waals surface area contributed by atoms with Gasteiger partial charge in [-0.05, 0) is 67.8 Å². The highest BCUT2D eigenvalue weighted by atomic mass is 79.9. The largest absolute Gasteiger partial charge is 0.299 e. The van der Waals surface area contributed by atoms with Gasteiger partial charge in [0.2, 0.25) is 0 Å². The number of likely N-dealkylation sites (tertiary alicyclic amines) is 1. The van der Waals surface area contributed by atoms with Crippen molar-refractivity contribution in [1.29, 1.82) is 0 Å². The van der Waals surface area contributed by atoms with Gasteiger partial charge in [-0.3, -0.25) is 4.90 Å². The van der Waals surface area contributed by atoms with Crippen LogP contribution in [-0.4, -0.2) is 24.5 Å². The maximum atomic E-state index is 3.91. The zero-order valence-electron chi connectivity index (χ0n) is 13.5. The summed E-state index contributed by atoms with van der Waals surface area (Å²) in [6.45, 7) is 10.6. The molecule has 1 aromatic rings. The van der Waals surface area contributed by atoms with Gasteiger partial charge in [0.25, 0.3) is 0 Å². The smallest absolute Gasteiger partial charge is 0.0247 e. The van der Waals surface area contributed by atoms with E-state index in [1.807, 2.05) is 0 Å². The summed E-state index contributed by atoms with van der Waals surface area (Å²) in [5.74, 6) is 0. The lowest BCUT2D eigenvalue weighted by molar-refractivity contribution is 0.382. The second kappa shape index (κ2) is 5.89. The molecule has 1 saturated heterocycles. The molecule has 21 heavy (non-hydrogen) atoms. The molecule has 1 aliphatic carbocycles. The quantitative estimate of drug-likeness (QED) is 0.704. The molecule has 0 spiro atoms. The van der Waals surface area contributed by atoms with Crippen molar-refractivity contribution in [3.63, 3.8) is 0 Å². The summed E-state index contributed by atoms with van der Waals surface area (Å²) >= 11 is 3.91. The molecule has 1 fully saturated rings. The van der Waals surface area contributed by atoms with Crippen LogP contribution < -0.4 is 0 Å². The SMILES string of the molecule is Cc1ccc2c(c1)C(C)(C)CCC(Br)=C2CN1CCCC1. The van der Waals surface area contributed by atoms with E-state index in [0.29, 0.717) is 0 Å². The van der Waals surface area contributed by atoms with Crippen LogP contribution in [0.4, 0.5) is 0 Å². The molecule has 114 valence electrons. The van der Waals surface area contributed by atoms with E-state index in [4.69, 9.17) is 0 Å². The molecule has 1 aliphatic heterocycles. The van der Waals surface area contributed by atoms with Crippen molar-refractivity contribution < 1.29 is 0 Å². The van der Waals surface area contributed by atoms with Crippen molar-refractivity contribution in [3.05, 3.63) is 39.4 Å². The van der Waals surface area contributed by atoms with Crippen LogP contribution in [-0.2, 0) is 5.41 Å². The van der Waals surface area contributed by atoms with E-state index in [1.165, 1.54) is 59.1 Å². The standard InChI is InChI=1S/C19H26BrN/c1-14-6-7-15-16(13-21-10-4-5-11-21)18(20)8-9-19(2,3)17(15)12-14/h6-7,12H,4-5,8-11,13H2,1-3H3. The molecule has 2 aliphatic rings. The van der Waals surface area contributed by atoms with E-state index in [2.05, 4.69) is 59.8 Å². The molecule has 0 atom stereocenters. The van der Waals surface area contributed by atoms with Gasteiger partial charge in [0.1, 0.15) is 0 Å². The number of hydrogen-bond donors (Lipinski definition) is 0. The molecule has 0 aromatic heterocycles. The molecule has 0 amide bonds. The van der Waals surface area contributed by atoms with Gasteiger partial charge in [0.05, 0.1) is 0 Å². The molecule has 0 saturated carbocycles. The van der Waals surface area contributed by atoms with Gasteiger partial charge in [-0.1, -0.05) is 53.5 Å². The van der Waals surface area contributed by atoms with E-state index < -0.39 is 0 Å². The predicted molar refractivity (Wildman–Crippen MR) is 95.0 cm³/mol. The van der Waals surface area contributed by atoms with E-state index >= 15 is 0 Å². The lowest BCUT2D eigenvalue weighted by Gasteiger charge is -2.27. The second-order valence-electron chi connectivity index (χ2n) is 7.30. The van der Waals surface area contributed by atoms with Gasteiger partial charge in [-0.2, -0.15) is 0 Å². The Hall–Kier alpha value is -0.600. The van der Waals surface area contributed by atoms with Crippen molar-refractivity contribution in [2.24, 2.45) is 0 Å². The molecule has 0 N–H and O–H groups in total. The Balaban J connectivity index is 2.04. The molecule has 1 nitrogen and oxygen atoms in total. The maximum Gasteiger partial charge on any atom is 0.0247 e. The minimum atomic E-state index is 0.257. The van der Waals surface area contributed by atoms with Crippen LogP contribution in [0.2, 0.25) is 0 Å². The lowest BCUT2D eigenvalue weighted by atomic mass is 9.78. The lowest BCUT2D eigenvalue weighted by Crippen LogP contribution is -2.23. The summed E-state index contributed by atoms with van der Waals surface area (Å²) in [4.78, 5) is 2.61. The van der Waals surface area contributed by atoms with Crippen LogP contribution in [0.5, 0.6) is 0 Å². The Morgan fingerprint density at radius 2 is 1.90 bits per heavy atom. The third-order valence-electron chi connectivity index (χ3n) is 5.11. The number of fused-ring (bicyclic) bond motifs is 1. The highest BCUT2D eigenvalue weighted by molar-refractivity contribution is 9.11. The first-order valence-corrected chi connectivity index (χ1v) is 8.98. The van der Waals surface area contributed by atoms with Crippen LogP contribution in [0.3, 0.4) is 0 Å². The molecule has 0 unspecified atom stereocenters. The Bertz CT molecular complexity index is 565. The minimum absolute atomic E-state index is 0.257. The molecule has 1 aromatic carbocycles. The number of benzene rings is 1. The summed E-state index contributed by atoms with van der Waals surface area (Å²) in [5, 5.41) is 0. The number of rotatable bonds is 2. The molecule has 1 heterocycles. The molecule has 0 radical (unpaired) electrons. The molecular formula is C19H26BrN. The summed E-state index contributed by atoms with van der Waals surface area (Å²) in [7, 11) is 0. The van der Waals surface area contributed by atoms with Crippen molar-refractivity contribution in [2.45, 2.75) is 51.9 Å². The molecule has 0 bridgehead atoms. The predicted octanol–water partition coefficient (Wildman–Crippen LogP) is 5.27. The van der Waals surface area contributed by atoms with Crippen molar-refractivity contribution >= 4 is 21.5 Å². The number of nitrogens with zero attached hydrogens (tertiary/aromatic N) is 1. The highest BCUT2D eigenvalue weighted by Gasteiger charge is 2.30. The van der Waals surface area contributed by atoms with Gasteiger partial charge in [-0.25, -0.2) is 0 Å². The van der Waals surface area contributed by atoms with Crippen LogP contribution in [0, 0.1) is 6.92 Å². The average Bonchev–Trinajstić information content (AvgIpc) is 2.93. The monoisotopic (exact) mass is 347 g/mol. The summed E-state index contributed by atoms with van der Waals surface area (Å²) in [5.41, 5.74) is 6.17. The van der Waals surface area contributed by atoms with Gasteiger partial charge < -0.3 is 0 Å². The number of aryl methyl sites for hydroxylation is 1. The van der Waals surface area contributed by atoms with Crippen LogP contribution >= 0.6 is 15.9 Å². The normalized spacial score (nSPS) is 22.3. The third-order valence-corrected chi connectivity index (χ3v) is 5.98. The van der Waals surface area contributed by atoms with E-state index in [1.54, 1.807) is 0 Å². The maximum absolute atomic E-state index is 3.91. The number of hydrogen-bond acceptors (Lipinski definition) is 1. The van der Waals surface area contributed by atoms with E-state index in [9.17, 15) is 0 Å². The summed E-state index contributed by atoms with van der Waals surface area (Å²) in [6, 6.07) is 7.03. The van der Waals surface area contributed by atoms with Crippen molar-refractivity contribution in [2.75, 3.05) is 19.6 Å². The van der Waals surface area contributed by atoms with E-state index in [0.717, 1.165) is 13.0 Å². The van der Waals surface area contributed by atoms with Crippen molar-refractivity contribution in [3.8, 4) is 0 Å². The van der Waals surface area contributed by atoms with E-state index in [-0.39, 0.29) is 5.41 Å². The van der Waals surface area contributed by atoms with Gasteiger partial charge >= 0.3 is 0 Å². The third kappa shape index (κ3) is 3.12. The Morgan fingerprint density at radius 1 is 1.19 bits per heavy atom. The van der Waals surface area contributed by atoms with Crippen molar-refractivity contribution in [1.82, 2.24) is 4.90 Å². The van der Waals surface area contributed by atoms with Crippen LogP contribution in [0.1, 0.15) is 56.2 Å². The zero-order valence-corrected chi connectivity index (χ0v) is 15.1. The number of allylic oxidation sites excluding steroid dienone is 1. The van der Waals surface area contributed by atoms with Crippen LogP contribution in [0.15, 0.2) is 22.7 Å². The Kier molecular flexibility index (Phi) is 4.29. The van der Waals surface area contributed by atoms with Gasteiger partial charge in [0.15, 0.2) is 0 Å². The first-order chi connectivity index (χ1) is 9.97.